The number of esters is 4. The summed E-state index contributed by atoms with van der Waals surface area (Å²) in [6.07, 6.45) is 62.5. The van der Waals surface area contributed by atoms with Crippen LogP contribution in [-0.4, -0.2) is 96.7 Å². The van der Waals surface area contributed by atoms with E-state index >= 15 is 0 Å². The maximum atomic E-state index is 13.1. The van der Waals surface area contributed by atoms with Crippen LogP contribution < -0.4 is 0 Å². The van der Waals surface area contributed by atoms with Gasteiger partial charge in [-0.15, -0.1) is 0 Å². The van der Waals surface area contributed by atoms with Gasteiger partial charge in [0.2, 0.25) is 0 Å². The van der Waals surface area contributed by atoms with Crippen molar-refractivity contribution in [2.75, 3.05) is 39.6 Å². The molecule has 0 aliphatic rings. The lowest BCUT2D eigenvalue weighted by Crippen LogP contribution is -2.30. The van der Waals surface area contributed by atoms with Gasteiger partial charge in [0.05, 0.1) is 26.4 Å². The van der Waals surface area contributed by atoms with Gasteiger partial charge >= 0.3 is 39.5 Å². The molecule has 3 N–H and O–H groups in total. The van der Waals surface area contributed by atoms with Gasteiger partial charge in [0, 0.05) is 25.7 Å². The van der Waals surface area contributed by atoms with Crippen molar-refractivity contribution in [1.82, 2.24) is 0 Å². The smallest absolute Gasteiger partial charge is 0.462 e. The first-order chi connectivity index (χ1) is 50.1. The summed E-state index contributed by atoms with van der Waals surface area (Å²) in [6, 6.07) is 0. The summed E-state index contributed by atoms with van der Waals surface area (Å²) >= 11 is 0. The number of aliphatic hydroxyl groups is 1. The van der Waals surface area contributed by atoms with Gasteiger partial charge in [0.1, 0.15) is 19.3 Å². The van der Waals surface area contributed by atoms with E-state index in [2.05, 4.69) is 55.4 Å². The molecule has 618 valence electrons. The normalized spacial score (nSPS) is 14.2. The Labute approximate surface area is 638 Å². The predicted octanol–water partition coefficient (Wildman–Crippen LogP) is 25.6. The van der Waals surface area contributed by atoms with E-state index in [0.29, 0.717) is 25.7 Å². The second kappa shape index (κ2) is 73.8. The van der Waals surface area contributed by atoms with Crippen LogP contribution in [0.2, 0.25) is 0 Å². The van der Waals surface area contributed by atoms with Crippen LogP contribution in [0.5, 0.6) is 0 Å². The second-order valence-electron chi connectivity index (χ2n) is 32.2. The van der Waals surface area contributed by atoms with Gasteiger partial charge in [0.15, 0.2) is 12.2 Å². The Morgan fingerprint density at radius 1 is 0.269 bits per heavy atom. The molecule has 0 saturated heterocycles. The maximum absolute atomic E-state index is 13.1. The summed E-state index contributed by atoms with van der Waals surface area (Å²) in [5, 5.41) is 10.7. The average molecular weight is 1520 g/mol. The van der Waals surface area contributed by atoms with Crippen LogP contribution in [0.1, 0.15) is 441 Å². The summed E-state index contributed by atoms with van der Waals surface area (Å²) in [5.74, 6) is 1.05. The topological polar surface area (TPSA) is 237 Å². The summed E-state index contributed by atoms with van der Waals surface area (Å²) in [7, 11) is -9.93. The zero-order valence-corrected chi connectivity index (χ0v) is 70.5. The number of hydrogen-bond acceptors (Lipinski definition) is 15. The molecule has 0 aromatic rings. The number of phosphoric acid groups is 2. The molecule has 0 radical (unpaired) electrons. The van der Waals surface area contributed by atoms with Crippen LogP contribution in [0.3, 0.4) is 0 Å². The van der Waals surface area contributed by atoms with Crippen LogP contribution in [0, 0.1) is 23.7 Å². The zero-order chi connectivity index (χ0) is 76.7. The number of carbonyl (C=O) groups is 4. The fourth-order valence-electron chi connectivity index (χ4n) is 13.1. The maximum Gasteiger partial charge on any atom is 0.472 e. The van der Waals surface area contributed by atoms with Gasteiger partial charge in [-0.05, 0) is 49.4 Å². The SMILES string of the molecule is CCC(C)CCCCCCCCCCCCCCCCC(=O)OC[C@H](COP(=O)(O)OC[C@@H](O)COP(=O)(O)OC[C@@H](COC(=O)CCCCCCCCCCC(C)C)OC(=O)CCCCCCCCCCCCCC(C)C)OC(=O)CCCCCCCCCCCCCCCCCCCCC(C)C. The van der Waals surface area contributed by atoms with E-state index in [1.165, 1.54) is 244 Å². The molecule has 0 spiro atoms. The van der Waals surface area contributed by atoms with E-state index < -0.39 is 97.5 Å². The molecule has 0 saturated carbocycles. The highest BCUT2D eigenvalue weighted by Gasteiger charge is 2.30. The third-order valence-electron chi connectivity index (χ3n) is 20.2. The number of rotatable bonds is 82. The Morgan fingerprint density at radius 2 is 0.462 bits per heavy atom. The van der Waals surface area contributed by atoms with E-state index in [4.69, 9.17) is 37.0 Å². The molecule has 19 heteroatoms. The number of unbranched alkanes of at least 4 members (excludes halogenated alkanes) is 47. The Morgan fingerprint density at radius 3 is 0.683 bits per heavy atom. The standard InChI is InChI=1S/C85H166O17P2/c1-9-78(8)64-56-48-40-31-25-19-16-17-20-26-32-41-49-57-65-82(87)95-71-80(101-84(89)67-59-51-43-33-27-21-15-13-11-10-12-14-18-23-29-37-45-53-61-75(2)3)73-99-103(91,92)97-69-79(86)70-98-104(93,94)100-74-81(72-96-83(88)66-58-50-42-36-35-39-47-55-63-77(6)7)102-85(90)68-60-52-44-34-28-22-24-30-38-46-54-62-76(4)5/h75-81,86H,9-74H2,1-8H3,(H,91,92)(H,93,94)/t78?,79-,80-,81-/m1/s1. The number of ether oxygens (including phenoxy) is 4. The van der Waals surface area contributed by atoms with Crippen molar-refractivity contribution in [3.63, 3.8) is 0 Å². The highest BCUT2D eigenvalue weighted by molar-refractivity contribution is 7.47. The van der Waals surface area contributed by atoms with E-state index in [1.54, 1.807) is 0 Å². The first-order valence-electron chi connectivity index (χ1n) is 43.7. The molecule has 0 amide bonds. The van der Waals surface area contributed by atoms with Crippen molar-refractivity contribution < 1.29 is 80.2 Å². The van der Waals surface area contributed by atoms with Crippen molar-refractivity contribution in [2.24, 2.45) is 23.7 Å². The van der Waals surface area contributed by atoms with Gasteiger partial charge in [-0.3, -0.25) is 37.3 Å². The minimum Gasteiger partial charge on any atom is -0.462 e. The summed E-state index contributed by atoms with van der Waals surface area (Å²) in [4.78, 5) is 73.2. The molecule has 0 aliphatic heterocycles. The monoisotopic (exact) mass is 1520 g/mol. The molecule has 0 aliphatic carbocycles. The molecule has 17 nitrogen and oxygen atoms in total. The van der Waals surface area contributed by atoms with Crippen molar-refractivity contribution >= 4 is 39.5 Å². The minimum atomic E-state index is -4.97. The number of hydrogen-bond donors (Lipinski definition) is 3. The molecule has 0 aromatic heterocycles. The zero-order valence-electron chi connectivity index (χ0n) is 68.7. The van der Waals surface area contributed by atoms with E-state index in [0.717, 1.165) is 114 Å². The van der Waals surface area contributed by atoms with E-state index in [9.17, 15) is 43.2 Å². The van der Waals surface area contributed by atoms with E-state index in [1.807, 2.05) is 0 Å². The Balaban J connectivity index is 5.24. The molecule has 104 heavy (non-hydrogen) atoms. The number of aliphatic hydroxyl groups excluding tert-OH is 1. The minimum absolute atomic E-state index is 0.106. The molecule has 6 atom stereocenters. The molecular weight excluding hydrogens is 1350 g/mol. The Bertz CT molecular complexity index is 2030. The molecule has 0 heterocycles. The molecule has 0 fully saturated rings. The summed E-state index contributed by atoms with van der Waals surface area (Å²) in [5.41, 5.74) is 0. The fourth-order valence-corrected chi connectivity index (χ4v) is 14.7. The predicted molar refractivity (Wildman–Crippen MR) is 428 cm³/mol. The Kier molecular flexibility index (Phi) is 72.5. The van der Waals surface area contributed by atoms with Gasteiger partial charge in [-0.2, -0.15) is 0 Å². The third-order valence-corrected chi connectivity index (χ3v) is 22.1. The number of phosphoric ester groups is 2. The molecule has 0 bridgehead atoms. The lowest BCUT2D eigenvalue weighted by atomic mass is 9.99. The molecule has 3 unspecified atom stereocenters. The molecular formula is C85H166O17P2. The van der Waals surface area contributed by atoms with Crippen LogP contribution in [0.15, 0.2) is 0 Å². The third kappa shape index (κ3) is 76.8. The van der Waals surface area contributed by atoms with Gasteiger partial charge in [0.25, 0.3) is 0 Å². The average Bonchev–Trinajstić information content (AvgIpc) is 1.20. The largest absolute Gasteiger partial charge is 0.472 e. The van der Waals surface area contributed by atoms with Gasteiger partial charge in [-0.25, -0.2) is 9.13 Å². The van der Waals surface area contributed by atoms with Gasteiger partial charge in [-0.1, -0.05) is 389 Å². The first kappa shape index (κ1) is 102. The highest BCUT2D eigenvalue weighted by atomic mass is 31.2. The second-order valence-corrected chi connectivity index (χ2v) is 35.2. The van der Waals surface area contributed by atoms with Crippen LogP contribution in [0.25, 0.3) is 0 Å². The summed E-state index contributed by atoms with van der Waals surface area (Å²) < 4.78 is 68.9. The summed E-state index contributed by atoms with van der Waals surface area (Å²) in [6.45, 7) is 14.3. The number of carbonyl (C=O) groups excluding carboxylic acids is 4. The van der Waals surface area contributed by atoms with Crippen molar-refractivity contribution in [3.05, 3.63) is 0 Å². The lowest BCUT2D eigenvalue weighted by Gasteiger charge is -2.21. The fraction of sp³-hybridized carbons (Fsp3) is 0.953. The quantitative estimate of drug-likeness (QED) is 0.0222. The van der Waals surface area contributed by atoms with Gasteiger partial charge < -0.3 is 33.8 Å². The van der Waals surface area contributed by atoms with Crippen LogP contribution >= 0.6 is 15.6 Å². The first-order valence-corrected chi connectivity index (χ1v) is 46.7. The Hall–Kier alpha value is -1.94. The van der Waals surface area contributed by atoms with E-state index in [-0.39, 0.29) is 25.7 Å². The van der Waals surface area contributed by atoms with Crippen molar-refractivity contribution in [1.29, 1.82) is 0 Å². The highest BCUT2D eigenvalue weighted by Crippen LogP contribution is 2.45. The lowest BCUT2D eigenvalue weighted by molar-refractivity contribution is -0.161. The van der Waals surface area contributed by atoms with Crippen LogP contribution in [0.4, 0.5) is 0 Å². The van der Waals surface area contributed by atoms with Crippen molar-refractivity contribution in [2.45, 2.75) is 459 Å². The van der Waals surface area contributed by atoms with Crippen LogP contribution in [-0.2, 0) is 65.4 Å². The van der Waals surface area contributed by atoms with Crippen molar-refractivity contribution in [3.8, 4) is 0 Å². The molecule has 0 aromatic carbocycles. The molecule has 0 rings (SSSR count).